The molecule has 92 valence electrons. The van der Waals surface area contributed by atoms with Gasteiger partial charge in [0.05, 0.1) is 11.8 Å². The highest BCUT2D eigenvalue weighted by atomic mass is 16.7. The summed E-state index contributed by atoms with van der Waals surface area (Å²) >= 11 is 0. The Kier molecular flexibility index (Phi) is 5.71. The predicted molar refractivity (Wildman–Crippen MR) is 56.3 cm³/mol. The highest BCUT2D eigenvalue weighted by Gasteiger charge is 2.25. The van der Waals surface area contributed by atoms with Crippen molar-refractivity contribution in [3.63, 3.8) is 0 Å². The molecule has 0 aromatic heterocycles. The van der Waals surface area contributed by atoms with Gasteiger partial charge in [0.2, 0.25) is 5.78 Å². The van der Waals surface area contributed by atoms with E-state index in [2.05, 4.69) is 0 Å². The summed E-state index contributed by atoms with van der Waals surface area (Å²) in [4.78, 5) is 33.6. The molecule has 0 aliphatic heterocycles. The fourth-order valence-corrected chi connectivity index (χ4v) is 0.673. The van der Waals surface area contributed by atoms with Gasteiger partial charge in [-0.2, -0.15) is 0 Å². The zero-order valence-electron chi connectivity index (χ0n) is 10.3. The van der Waals surface area contributed by atoms with Gasteiger partial charge in [-0.25, -0.2) is 0 Å². The fraction of sp³-hybridized carbons (Fsp3) is 0.727. The molecule has 0 amide bonds. The topological polar surface area (TPSA) is 69.7 Å². The predicted octanol–water partition coefficient (Wildman–Crippen LogP) is 1.30. The molecule has 5 nitrogen and oxygen atoms in total. The molecule has 0 N–H and O–H groups in total. The first-order valence-electron chi connectivity index (χ1n) is 5.17. The van der Waals surface area contributed by atoms with Gasteiger partial charge < -0.3 is 9.47 Å². The summed E-state index contributed by atoms with van der Waals surface area (Å²) in [6, 6.07) is 0. The van der Waals surface area contributed by atoms with Crippen LogP contribution in [0.4, 0.5) is 0 Å². The Bertz CT molecular complexity index is 258. The number of ketones is 1. The van der Waals surface area contributed by atoms with Crippen molar-refractivity contribution in [2.24, 2.45) is 11.8 Å². The molecule has 16 heavy (non-hydrogen) atoms. The molecule has 0 rings (SSSR count). The van der Waals surface area contributed by atoms with Gasteiger partial charge in [0.1, 0.15) is 0 Å². The van der Waals surface area contributed by atoms with E-state index in [1.54, 1.807) is 27.7 Å². The first-order chi connectivity index (χ1) is 7.25. The molecule has 0 fully saturated rings. The summed E-state index contributed by atoms with van der Waals surface area (Å²) in [5.74, 6) is -2.41. The van der Waals surface area contributed by atoms with E-state index in [0.29, 0.717) is 0 Å². The average Bonchev–Trinajstić information content (AvgIpc) is 2.15. The summed E-state index contributed by atoms with van der Waals surface area (Å²) < 4.78 is 9.53. The van der Waals surface area contributed by atoms with Gasteiger partial charge in [-0.1, -0.05) is 27.7 Å². The van der Waals surface area contributed by atoms with E-state index in [9.17, 15) is 14.4 Å². The van der Waals surface area contributed by atoms with Crippen LogP contribution in [0.3, 0.4) is 0 Å². The molecule has 0 spiro atoms. The van der Waals surface area contributed by atoms with Crippen molar-refractivity contribution in [3.8, 4) is 0 Å². The van der Waals surface area contributed by atoms with Crippen LogP contribution < -0.4 is 0 Å². The van der Waals surface area contributed by atoms with Crippen molar-refractivity contribution in [2.75, 3.05) is 0 Å². The Morgan fingerprint density at radius 3 is 1.31 bits per heavy atom. The molecule has 0 aromatic rings. The van der Waals surface area contributed by atoms with E-state index >= 15 is 0 Å². The second-order valence-electron chi connectivity index (χ2n) is 4.13. The third-order valence-electron chi connectivity index (χ3n) is 1.72. The first kappa shape index (κ1) is 14.6. The minimum Gasteiger partial charge on any atom is -0.417 e. The van der Waals surface area contributed by atoms with E-state index in [1.165, 1.54) is 6.92 Å². The van der Waals surface area contributed by atoms with Crippen LogP contribution in [0.1, 0.15) is 34.6 Å². The normalized spacial score (nSPS) is 10.8. The largest absolute Gasteiger partial charge is 0.417 e. The quantitative estimate of drug-likeness (QED) is 0.526. The van der Waals surface area contributed by atoms with Crippen molar-refractivity contribution in [1.29, 1.82) is 0 Å². The molecule has 0 saturated heterocycles. The lowest BCUT2D eigenvalue weighted by Crippen LogP contribution is -2.33. The van der Waals surface area contributed by atoms with Crippen LogP contribution in [-0.4, -0.2) is 24.0 Å². The van der Waals surface area contributed by atoms with Crippen molar-refractivity contribution >= 4 is 17.7 Å². The van der Waals surface area contributed by atoms with Crippen LogP contribution in [0.2, 0.25) is 0 Å². The zero-order chi connectivity index (χ0) is 12.9. The number of Topliss-reactive ketones (excluding diaryl/α,β-unsaturated/α-hetero) is 1. The van der Waals surface area contributed by atoms with Crippen LogP contribution in [-0.2, 0) is 23.9 Å². The van der Waals surface area contributed by atoms with Crippen LogP contribution in [0.5, 0.6) is 0 Å². The van der Waals surface area contributed by atoms with E-state index in [4.69, 9.17) is 9.47 Å². The van der Waals surface area contributed by atoms with Crippen molar-refractivity contribution in [2.45, 2.75) is 40.9 Å². The van der Waals surface area contributed by atoms with Gasteiger partial charge >= 0.3 is 18.2 Å². The first-order valence-corrected chi connectivity index (χ1v) is 5.17. The Labute approximate surface area is 95.1 Å². The molecule has 0 aromatic carbocycles. The molecular formula is C11H18O5. The number of rotatable bonds is 5. The molecule has 0 atom stereocenters. The van der Waals surface area contributed by atoms with Crippen LogP contribution in [0.15, 0.2) is 0 Å². The van der Waals surface area contributed by atoms with Gasteiger partial charge in [-0.3, -0.25) is 14.4 Å². The highest BCUT2D eigenvalue weighted by molar-refractivity contribution is 5.85. The third kappa shape index (κ3) is 4.91. The molecular weight excluding hydrogens is 212 g/mol. The summed E-state index contributed by atoms with van der Waals surface area (Å²) in [5.41, 5.74) is 0. The Hall–Kier alpha value is -1.39. The zero-order valence-corrected chi connectivity index (χ0v) is 10.3. The molecule has 0 aliphatic rings. The van der Waals surface area contributed by atoms with Gasteiger partial charge in [0, 0.05) is 6.92 Å². The minimum absolute atomic E-state index is 0.375. The van der Waals surface area contributed by atoms with Crippen molar-refractivity contribution in [1.82, 2.24) is 0 Å². The average molecular weight is 230 g/mol. The van der Waals surface area contributed by atoms with E-state index < -0.39 is 24.0 Å². The molecule has 0 radical (unpaired) electrons. The molecule has 5 heteroatoms. The van der Waals surface area contributed by atoms with Crippen molar-refractivity contribution in [3.05, 3.63) is 0 Å². The number of hydrogen-bond acceptors (Lipinski definition) is 5. The molecule has 0 unspecified atom stereocenters. The lowest BCUT2D eigenvalue weighted by atomic mass is 10.2. The Morgan fingerprint density at radius 1 is 0.812 bits per heavy atom. The van der Waals surface area contributed by atoms with Gasteiger partial charge in [0.25, 0.3) is 0 Å². The SMILES string of the molecule is CC(=O)C(OC(=O)C(C)C)OC(=O)C(C)C. The lowest BCUT2D eigenvalue weighted by molar-refractivity contribution is -0.194. The van der Waals surface area contributed by atoms with Crippen LogP contribution in [0.25, 0.3) is 0 Å². The maximum Gasteiger partial charge on any atom is 0.311 e. The van der Waals surface area contributed by atoms with Gasteiger partial charge in [0.15, 0.2) is 0 Å². The van der Waals surface area contributed by atoms with E-state index in [1.807, 2.05) is 0 Å². The third-order valence-corrected chi connectivity index (χ3v) is 1.72. The highest BCUT2D eigenvalue weighted by Crippen LogP contribution is 2.07. The summed E-state index contributed by atoms with van der Waals surface area (Å²) in [5, 5.41) is 0. The second-order valence-corrected chi connectivity index (χ2v) is 4.13. The van der Waals surface area contributed by atoms with Crippen LogP contribution >= 0.6 is 0 Å². The standard InChI is InChI=1S/C11H18O5/c1-6(2)9(13)15-11(8(5)12)16-10(14)7(3)4/h6-7,11H,1-5H3. The second kappa shape index (κ2) is 6.25. The Morgan fingerprint density at radius 2 is 1.12 bits per heavy atom. The molecule has 0 bridgehead atoms. The number of esters is 2. The van der Waals surface area contributed by atoms with Gasteiger partial charge in [-0.05, 0) is 0 Å². The number of ether oxygens (including phenoxy) is 2. The summed E-state index contributed by atoms with van der Waals surface area (Å²) in [7, 11) is 0. The Balaban J connectivity index is 4.46. The minimum atomic E-state index is -1.43. The van der Waals surface area contributed by atoms with Crippen LogP contribution in [0, 0.1) is 11.8 Å². The lowest BCUT2D eigenvalue weighted by Gasteiger charge is -2.17. The molecule has 0 saturated carbocycles. The number of carbonyl (C=O) groups excluding carboxylic acids is 3. The molecule has 0 aliphatic carbocycles. The van der Waals surface area contributed by atoms with Crippen molar-refractivity contribution < 1.29 is 23.9 Å². The number of carbonyl (C=O) groups is 3. The summed E-state index contributed by atoms with van der Waals surface area (Å²) in [6.07, 6.45) is -1.43. The van der Waals surface area contributed by atoms with Gasteiger partial charge in [-0.15, -0.1) is 0 Å². The smallest absolute Gasteiger partial charge is 0.311 e. The summed E-state index contributed by atoms with van der Waals surface area (Å²) in [6.45, 7) is 7.72. The number of hydrogen-bond donors (Lipinski definition) is 0. The molecule has 0 heterocycles. The maximum absolute atomic E-state index is 11.2. The van der Waals surface area contributed by atoms with E-state index in [-0.39, 0.29) is 11.8 Å². The fourth-order valence-electron chi connectivity index (χ4n) is 0.673. The maximum atomic E-state index is 11.2. The van der Waals surface area contributed by atoms with E-state index in [0.717, 1.165) is 0 Å². The monoisotopic (exact) mass is 230 g/mol.